The van der Waals surface area contributed by atoms with E-state index in [1.54, 1.807) is 12.1 Å². The fraction of sp³-hybridized carbons (Fsp3) is 0.333. The second-order valence-electron chi connectivity index (χ2n) is 5.66. The second-order valence-corrected chi connectivity index (χ2v) is 5.66. The smallest absolute Gasteiger partial charge is 0.408 e. The number of nitrogens with two attached hydrogens (primary N) is 1. The fourth-order valence-electron chi connectivity index (χ4n) is 1.81. The SMILES string of the molecule is CC(C)(C)NCc1ccc2cccc(OC(N)=O)c2n1. The monoisotopic (exact) mass is 273 g/mol. The Morgan fingerprint density at radius 1 is 1.30 bits per heavy atom. The number of pyridine rings is 1. The zero-order valence-corrected chi connectivity index (χ0v) is 11.9. The Balaban J connectivity index is 2.33. The molecule has 0 saturated heterocycles. The number of amides is 1. The van der Waals surface area contributed by atoms with E-state index < -0.39 is 6.09 Å². The predicted octanol–water partition coefficient (Wildman–Crippen LogP) is 2.58. The molecule has 0 radical (unpaired) electrons. The predicted molar refractivity (Wildman–Crippen MR) is 78.5 cm³/mol. The van der Waals surface area contributed by atoms with Crippen LogP contribution in [0.2, 0.25) is 0 Å². The van der Waals surface area contributed by atoms with Gasteiger partial charge in [-0.2, -0.15) is 0 Å². The first-order valence-corrected chi connectivity index (χ1v) is 6.46. The largest absolute Gasteiger partial charge is 0.410 e. The van der Waals surface area contributed by atoms with E-state index in [0.29, 0.717) is 17.8 Å². The second kappa shape index (κ2) is 5.46. The standard InChI is InChI=1S/C15H19N3O2/c1-15(2,3)17-9-11-8-7-10-5-4-6-12(13(10)18-11)20-14(16)19/h4-8,17H,9H2,1-3H3,(H2,16,19). The Morgan fingerprint density at radius 3 is 2.70 bits per heavy atom. The molecule has 0 aliphatic carbocycles. The molecule has 0 atom stereocenters. The van der Waals surface area contributed by atoms with Crippen LogP contribution in [0, 0.1) is 0 Å². The molecule has 0 bridgehead atoms. The van der Waals surface area contributed by atoms with Crippen molar-refractivity contribution in [1.29, 1.82) is 0 Å². The molecular formula is C15H19N3O2. The van der Waals surface area contributed by atoms with E-state index in [-0.39, 0.29) is 5.54 Å². The van der Waals surface area contributed by atoms with Gasteiger partial charge in [-0.05, 0) is 32.9 Å². The van der Waals surface area contributed by atoms with Gasteiger partial charge < -0.3 is 15.8 Å². The molecule has 2 rings (SSSR count). The number of primary amides is 1. The molecule has 1 aromatic heterocycles. The van der Waals surface area contributed by atoms with Gasteiger partial charge in [0.05, 0.1) is 5.69 Å². The van der Waals surface area contributed by atoms with Crippen LogP contribution in [0.1, 0.15) is 26.5 Å². The maximum Gasteiger partial charge on any atom is 0.410 e. The van der Waals surface area contributed by atoms with Crippen LogP contribution in [-0.4, -0.2) is 16.6 Å². The third kappa shape index (κ3) is 3.68. The molecule has 0 fully saturated rings. The van der Waals surface area contributed by atoms with Crippen LogP contribution < -0.4 is 15.8 Å². The van der Waals surface area contributed by atoms with E-state index in [9.17, 15) is 4.79 Å². The summed E-state index contributed by atoms with van der Waals surface area (Å²) in [4.78, 5) is 15.5. The highest BCUT2D eigenvalue weighted by Gasteiger charge is 2.11. The molecule has 1 heterocycles. The summed E-state index contributed by atoms with van der Waals surface area (Å²) in [7, 11) is 0. The molecule has 0 aliphatic rings. The van der Waals surface area contributed by atoms with E-state index in [1.807, 2.05) is 18.2 Å². The van der Waals surface area contributed by atoms with Crippen molar-refractivity contribution >= 4 is 17.0 Å². The third-order valence-electron chi connectivity index (χ3n) is 2.75. The quantitative estimate of drug-likeness (QED) is 0.901. The highest BCUT2D eigenvalue weighted by Crippen LogP contribution is 2.24. The van der Waals surface area contributed by atoms with Gasteiger partial charge in [-0.3, -0.25) is 0 Å². The maximum absolute atomic E-state index is 10.9. The zero-order chi connectivity index (χ0) is 14.8. The molecule has 0 saturated carbocycles. The van der Waals surface area contributed by atoms with Crippen LogP contribution in [0.3, 0.4) is 0 Å². The molecule has 0 spiro atoms. The highest BCUT2D eigenvalue weighted by atomic mass is 16.5. The van der Waals surface area contributed by atoms with E-state index >= 15 is 0 Å². The first kappa shape index (κ1) is 14.3. The number of carbonyl (C=O) groups excluding carboxylic acids is 1. The minimum atomic E-state index is -0.836. The first-order valence-electron chi connectivity index (χ1n) is 6.46. The number of nitrogens with zero attached hydrogens (tertiary/aromatic N) is 1. The van der Waals surface area contributed by atoms with Crippen LogP contribution in [0.4, 0.5) is 4.79 Å². The van der Waals surface area contributed by atoms with Crippen LogP contribution in [0.5, 0.6) is 5.75 Å². The Labute approximate surface area is 118 Å². The molecule has 3 N–H and O–H groups in total. The molecule has 1 aromatic carbocycles. The number of nitrogens with one attached hydrogen (secondary N) is 1. The molecule has 2 aromatic rings. The lowest BCUT2D eigenvalue weighted by Gasteiger charge is -2.20. The summed E-state index contributed by atoms with van der Waals surface area (Å²) in [5, 5.41) is 4.27. The minimum Gasteiger partial charge on any atom is -0.408 e. The van der Waals surface area contributed by atoms with Gasteiger partial charge in [0.15, 0.2) is 5.75 Å². The molecule has 0 unspecified atom stereocenters. The number of benzene rings is 1. The van der Waals surface area contributed by atoms with Gasteiger partial charge in [-0.25, -0.2) is 9.78 Å². The Hall–Kier alpha value is -2.14. The van der Waals surface area contributed by atoms with Gasteiger partial charge >= 0.3 is 6.09 Å². The summed E-state index contributed by atoms with van der Waals surface area (Å²) < 4.78 is 4.98. The van der Waals surface area contributed by atoms with Crippen LogP contribution in [0.15, 0.2) is 30.3 Å². The maximum atomic E-state index is 10.9. The normalized spacial score (nSPS) is 11.6. The van der Waals surface area contributed by atoms with Crippen LogP contribution in [-0.2, 0) is 6.54 Å². The Morgan fingerprint density at radius 2 is 2.05 bits per heavy atom. The Kier molecular flexibility index (Phi) is 3.90. The van der Waals surface area contributed by atoms with Gasteiger partial charge in [0.2, 0.25) is 0 Å². The van der Waals surface area contributed by atoms with Gasteiger partial charge in [0, 0.05) is 17.5 Å². The van der Waals surface area contributed by atoms with Crippen molar-refractivity contribution in [1.82, 2.24) is 10.3 Å². The van der Waals surface area contributed by atoms with E-state index in [4.69, 9.17) is 10.5 Å². The summed E-state index contributed by atoms with van der Waals surface area (Å²) >= 11 is 0. The van der Waals surface area contributed by atoms with Crippen molar-refractivity contribution in [3.05, 3.63) is 36.0 Å². The summed E-state index contributed by atoms with van der Waals surface area (Å²) in [5.74, 6) is 0.382. The summed E-state index contributed by atoms with van der Waals surface area (Å²) in [6, 6.07) is 9.30. The summed E-state index contributed by atoms with van der Waals surface area (Å²) in [6.45, 7) is 6.92. The van der Waals surface area contributed by atoms with Crippen molar-refractivity contribution in [2.45, 2.75) is 32.9 Å². The van der Waals surface area contributed by atoms with E-state index in [1.165, 1.54) is 0 Å². The summed E-state index contributed by atoms with van der Waals surface area (Å²) in [6.07, 6.45) is -0.836. The van der Waals surface area contributed by atoms with E-state index in [0.717, 1.165) is 11.1 Å². The highest BCUT2D eigenvalue weighted by molar-refractivity contribution is 5.86. The molecule has 1 amide bonds. The Bertz CT molecular complexity index is 633. The van der Waals surface area contributed by atoms with Gasteiger partial charge in [-0.15, -0.1) is 0 Å². The minimum absolute atomic E-state index is 0.0138. The van der Waals surface area contributed by atoms with Gasteiger partial charge in [0.1, 0.15) is 5.52 Å². The number of aromatic nitrogens is 1. The van der Waals surface area contributed by atoms with Crippen molar-refractivity contribution in [2.75, 3.05) is 0 Å². The first-order chi connectivity index (χ1) is 9.35. The lowest BCUT2D eigenvalue weighted by atomic mass is 10.1. The molecule has 20 heavy (non-hydrogen) atoms. The number of ether oxygens (including phenoxy) is 1. The third-order valence-corrected chi connectivity index (χ3v) is 2.75. The van der Waals surface area contributed by atoms with Crippen LogP contribution >= 0.6 is 0 Å². The molecule has 0 aliphatic heterocycles. The fourth-order valence-corrected chi connectivity index (χ4v) is 1.81. The number of hydrogen-bond donors (Lipinski definition) is 2. The molecule has 5 nitrogen and oxygen atoms in total. The van der Waals surface area contributed by atoms with Crippen molar-refractivity contribution in [2.24, 2.45) is 5.73 Å². The van der Waals surface area contributed by atoms with Crippen LogP contribution in [0.25, 0.3) is 10.9 Å². The van der Waals surface area contributed by atoms with Gasteiger partial charge in [0.25, 0.3) is 0 Å². The number of rotatable bonds is 3. The molecule has 5 heteroatoms. The zero-order valence-electron chi connectivity index (χ0n) is 11.9. The summed E-state index contributed by atoms with van der Waals surface area (Å²) in [5.41, 5.74) is 6.60. The van der Waals surface area contributed by atoms with Crippen molar-refractivity contribution < 1.29 is 9.53 Å². The lowest BCUT2D eigenvalue weighted by Crippen LogP contribution is -2.35. The number of para-hydroxylation sites is 1. The van der Waals surface area contributed by atoms with Crippen molar-refractivity contribution in [3.63, 3.8) is 0 Å². The van der Waals surface area contributed by atoms with E-state index in [2.05, 4.69) is 31.1 Å². The number of carbonyl (C=O) groups is 1. The average molecular weight is 273 g/mol. The number of hydrogen-bond acceptors (Lipinski definition) is 4. The van der Waals surface area contributed by atoms with Gasteiger partial charge in [-0.1, -0.05) is 18.2 Å². The molecule has 106 valence electrons. The topological polar surface area (TPSA) is 77.2 Å². The van der Waals surface area contributed by atoms with Crippen molar-refractivity contribution in [3.8, 4) is 5.75 Å². The average Bonchev–Trinajstić information content (AvgIpc) is 2.35. The lowest BCUT2D eigenvalue weighted by molar-refractivity contribution is 0.211. The number of fused-ring (bicyclic) bond motifs is 1. The molecular weight excluding hydrogens is 254 g/mol.